The van der Waals surface area contributed by atoms with E-state index in [0.29, 0.717) is 24.5 Å². The van der Waals surface area contributed by atoms with Crippen molar-refractivity contribution in [2.75, 3.05) is 13.7 Å². The number of aryl methyl sites for hydroxylation is 2. The summed E-state index contributed by atoms with van der Waals surface area (Å²) in [6.45, 7) is 5.47. The molecule has 0 saturated carbocycles. The Kier molecular flexibility index (Phi) is 6.67. The summed E-state index contributed by atoms with van der Waals surface area (Å²) in [4.78, 5) is 33.9. The smallest absolute Gasteiger partial charge is 0.261 e. The number of carbonyl (C=O) groups excluding carboxylic acids is 2. The first kappa shape index (κ1) is 22.2. The van der Waals surface area contributed by atoms with Crippen LogP contribution in [-0.2, 0) is 29.0 Å². The summed E-state index contributed by atoms with van der Waals surface area (Å²) in [6.07, 6.45) is 1.95. The van der Waals surface area contributed by atoms with Crippen LogP contribution in [0.5, 0.6) is 0 Å². The maximum absolute atomic E-state index is 13.2. The lowest BCUT2D eigenvalue weighted by molar-refractivity contribution is -0.143. The van der Waals surface area contributed by atoms with E-state index in [1.165, 1.54) is 16.9 Å². The van der Waals surface area contributed by atoms with Crippen LogP contribution in [0.3, 0.4) is 0 Å². The third-order valence-electron chi connectivity index (χ3n) is 5.86. The van der Waals surface area contributed by atoms with E-state index in [-0.39, 0.29) is 11.8 Å². The molecule has 1 aliphatic heterocycles. The highest BCUT2D eigenvalue weighted by Crippen LogP contribution is 2.27. The van der Waals surface area contributed by atoms with Crippen LogP contribution < -0.4 is 5.32 Å². The number of benzene rings is 1. The van der Waals surface area contributed by atoms with Crippen LogP contribution in [0.1, 0.15) is 48.6 Å². The van der Waals surface area contributed by atoms with Crippen LogP contribution in [0.2, 0.25) is 0 Å². The summed E-state index contributed by atoms with van der Waals surface area (Å²) in [5.41, 5.74) is 5.00. The first-order valence-electron chi connectivity index (χ1n) is 10.6. The second-order valence-electron chi connectivity index (χ2n) is 7.96. The lowest BCUT2D eigenvalue weighted by Gasteiger charge is -2.32. The minimum Gasteiger partial charge on any atom is -0.367 e. The SMILES string of the molecule is COC(C(=O)N1CCc2c(cnc(C)c2CNC(=O)c2ccc(C)s2)C1)c1ccccc1. The second-order valence-corrected chi connectivity index (χ2v) is 9.24. The van der Waals surface area contributed by atoms with Gasteiger partial charge in [0.05, 0.1) is 4.88 Å². The van der Waals surface area contributed by atoms with Crippen molar-refractivity contribution < 1.29 is 14.3 Å². The van der Waals surface area contributed by atoms with Gasteiger partial charge in [0.2, 0.25) is 0 Å². The molecular formula is C25H27N3O3S. The Morgan fingerprint density at radius 2 is 1.97 bits per heavy atom. The number of nitrogens with one attached hydrogen (secondary N) is 1. The molecule has 32 heavy (non-hydrogen) atoms. The molecule has 0 spiro atoms. The maximum atomic E-state index is 13.2. The lowest BCUT2D eigenvalue weighted by Crippen LogP contribution is -2.40. The number of amides is 2. The molecule has 4 rings (SSSR count). The van der Waals surface area contributed by atoms with E-state index in [1.54, 1.807) is 7.11 Å². The van der Waals surface area contributed by atoms with Crippen LogP contribution in [-0.4, -0.2) is 35.4 Å². The number of nitrogens with zero attached hydrogens (tertiary/aromatic N) is 2. The summed E-state index contributed by atoms with van der Waals surface area (Å²) in [7, 11) is 1.56. The first-order valence-corrected chi connectivity index (χ1v) is 11.5. The molecule has 3 aromatic rings. The fourth-order valence-electron chi connectivity index (χ4n) is 4.13. The second kappa shape index (κ2) is 9.63. The van der Waals surface area contributed by atoms with Gasteiger partial charge in [0.25, 0.3) is 11.8 Å². The molecule has 166 valence electrons. The quantitative estimate of drug-likeness (QED) is 0.618. The van der Waals surface area contributed by atoms with Gasteiger partial charge in [0.1, 0.15) is 0 Å². The molecule has 0 fully saturated rings. The van der Waals surface area contributed by atoms with Gasteiger partial charge in [0.15, 0.2) is 6.10 Å². The van der Waals surface area contributed by atoms with Gasteiger partial charge in [0, 0.05) is 43.5 Å². The predicted molar refractivity (Wildman–Crippen MR) is 125 cm³/mol. The molecule has 1 N–H and O–H groups in total. The summed E-state index contributed by atoms with van der Waals surface area (Å²) in [6, 6.07) is 13.4. The molecular weight excluding hydrogens is 422 g/mol. The number of fused-ring (bicyclic) bond motifs is 1. The molecule has 1 aromatic carbocycles. The van der Waals surface area contributed by atoms with E-state index < -0.39 is 6.10 Å². The van der Waals surface area contributed by atoms with Crippen molar-refractivity contribution in [3.63, 3.8) is 0 Å². The van der Waals surface area contributed by atoms with E-state index in [4.69, 9.17) is 4.74 Å². The fourth-order valence-corrected chi connectivity index (χ4v) is 4.91. The zero-order valence-electron chi connectivity index (χ0n) is 18.6. The molecule has 1 unspecified atom stereocenters. The summed E-state index contributed by atoms with van der Waals surface area (Å²) in [5, 5.41) is 3.03. The maximum Gasteiger partial charge on any atom is 0.261 e. The third kappa shape index (κ3) is 4.59. The number of thiophene rings is 1. The number of rotatable bonds is 6. The van der Waals surface area contributed by atoms with Crippen LogP contribution in [0.4, 0.5) is 0 Å². The molecule has 0 saturated heterocycles. The molecule has 0 bridgehead atoms. The van der Waals surface area contributed by atoms with E-state index in [0.717, 1.165) is 33.7 Å². The average molecular weight is 450 g/mol. The Balaban J connectivity index is 1.49. The topological polar surface area (TPSA) is 71.5 Å². The number of hydrogen-bond donors (Lipinski definition) is 1. The Hall–Kier alpha value is -3.03. The van der Waals surface area contributed by atoms with E-state index in [2.05, 4.69) is 10.3 Å². The summed E-state index contributed by atoms with van der Waals surface area (Å²) < 4.78 is 5.54. The van der Waals surface area contributed by atoms with Crippen molar-refractivity contribution in [2.24, 2.45) is 0 Å². The van der Waals surface area contributed by atoms with E-state index >= 15 is 0 Å². The number of methoxy groups -OCH3 is 1. The molecule has 7 heteroatoms. The predicted octanol–water partition coefficient (Wildman–Crippen LogP) is 3.96. The van der Waals surface area contributed by atoms with Crippen molar-refractivity contribution in [1.29, 1.82) is 0 Å². The van der Waals surface area contributed by atoms with Crippen molar-refractivity contribution in [3.8, 4) is 0 Å². The van der Waals surface area contributed by atoms with Gasteiger partial charge in [-0.05, 0) is 54.7 Å². The largest absolute Gasteiger partial charge is 0.367 e. The Morgan fingerprint density at radius 1 is 1.19 bits per heavy atom. The molecule has 1 atom stereocenters. The number of hydrogen-bond acceptors (Lipinski definition) is 5. The molecule has 6 nitrogen and oxygen atoms in total. The van der Waals surface area contributed by atoms with Crippen molar-refractivity contribution in [1.82, 2.24) is 15.2 Å². The number of pyridine rings is 1. The van der Waals surface area contributed by atoms with Gasteiger partial charge in [-0.25, -0.2) is 0 Å². The Morgan fingerprint density at radius 3 is 2.66 bits per heavy atom. The molecule has 0 radical (unpaired) electrons. The summed E-state index contributed by atoms with van der Waals surface area (Å²) >= 11 is 1.49. The number of ether oxygens (including phenoxy) is 1. The van der Waals surface area contributed by atoms with Gasteiger partial charge in [-0.15, -0.1) is 11.3 Å². The Labute approximate surface area is 192 Å². The zero-order chi connectivity index (χ0) is 22.7. The number of carbonyl (C=O) groups is 2. The van der Waals surface area contributed by atoms with Crippen molar-refractivity contribution >= 4 is 23.2 Å². The fraction of sp³-hybridized carbons (Fsp3) is 0.320. The van der Waals surface area contributed by atoms with Gasteiger partial charge >= 0.3 is 0 Å². The first-order chi connectivity index (χ1) is 15.5. The van der Waals surface area contributed by atoms with Crippen molar-refractivity contribution in [2.45, 2.75) is 39.5 Å². The third-order valence-corrected chi connectivity index (χ3v) is 6.86. The minimum absolute atomic E-state index is 0.0483. The highest BCUT2D eigenvalue weighted by atomic mass is 32.1. The van der Waals surface area contributed by atoms with Gasteiger partial charge in [-0.2, -0.15) is 0 Å². The van der Waals surface area contributed by atoms with Gasteiger partial charge in [-0.3, -0.25) is 14.6 Å². The monoisotopic (exact) mass is 449 g/mol. The van der Waals surface area contributed by atoms with Gasteiger partial charge in [-0.1, -0.05) is 30.3 Å². The highest BCUT2D eigenvalue weighted by molar-refractivity contribution is 7.13. The van der Waals surface area contributed by atoms with Gasteiger partial charge < -0.3 is 15.0 Å². The molecule has 0 aliphatic carbocycles. The molecule has 2 amide bonds. The molecule has 2 aromatic heterocycles. The lowest BCUT2D eigenvalue weighted by atomic mass is 9.94. The van der Waals surface area contributed by atoms with Crippen molar-refractivity contribution in [3.05, 3.63) is 86.4 Å². The van der Waals surface area contributed by atoms with Crippen LogP contribution >= 0.6 is 11.3 Å². The molecule has 1 aliphatic rings. The molecule has 3 heterocycles. The minimum atomic E-state index is -0.621. The standard InChI is InChI=1S/C25H27N3O3S/c1-16-9-10-22(32-16)24(29)27-14-21-17(2)26-13-19-15-28(12-11-20(19)21)25(30)23(31-3)18-7-5-4-6-8-18/h4-10,13,23H,11-12,14-15H2,1-3H3,(H,27,29). The summed E-state index contributed by atoms with van der Waals surface area (Å²) in [5.74, 6) is -0.119. The van der Waals surface area contributed by atoms with E-state index in [9.17, 15) is 9.59 Å². The zero-order valence-corrected chi connectivity index (χ0v) is 19.4. The Bertz CT molecular complexity index is 1130. The van der Waals surface area contributed by atoms with E-state index in [1.807, 2.05) is 67.4 Å². The van der Waals surface area contributed by atoms with Crippen LogP contribution in [0.15, 0.2) is 48.7 Å². The average Bonchev–Trinajstić information content (AvgIpc) is 3.25. The highest BCUT2D eigenvalue weighted by Gasteiger charge is 2.29. The van der Waals surface area contributed by atoms with Crippen LogP contribution in [0.25, 0.3) is 0 Å². The normalized spacial score (nSPS) is 14.0. The number of aromatic nitrogens is 1. The van der Waals surface area contributed by atoms with Crippen LogP contribution in [0, 0.1) is 13.8 Å².